The second kappa shape index (κ2) is 6.23. The van der Waals surface area contributed by atoms with Crippen LogP contribution in [0.15, 0.2) is 0 Å². The number of ether oxygens (including phenoxy) is 1. The number of amides is 2. The highest BCUT2D eigenvalue weighted by Gasteiger charge is 2.34. The normalized spacial score (nSPS) is 21.9. The molecular weight excluding hydrogens is 248 g/mol. The van der Waals surface area contributed by atoms with Crippen LogP contribution in [0.4, 0.5) is 4.79 Å². The van der Waals surface area contributed by atoms with Crippen LogP contribution in [-0.4, -0.2) is 53.8 Å². The van der Waals surface area contributed by atoms with Gasteiger partial charge in [-0.1, -0.05) is 27.7 Å². The molecule has 0 aromatic heterocycles. The van der Waals surface area contributed by atoms with Gasteiger partial charge in [0.1, 0.15) is 6.04 Å². The summed E-state index contributed by atoms with van der Waals surface area (Å²) >= 11 is 0. The molecule has 1 aliphatic heterocycles. The summed E-state index contributed by atoms with van der Waals surface area (Å²) in [6.07, 6.45) is 0.878. The van der Waals surface area contributed by atoms with Crippen LogP contribution in [0, 0.1) is 5.41 Å². The number of carbonyl (C=O) groups excluding carboxylic acids is 1. The van der Waals surface area contributed by atoms with Gasteiger partial charge in [-0.25, -0.2) is 9.59 Å². The molecule has 1 heterocycles. The van der Waals surface area contributed by atoms with Gasteiger partial charge in [-0.05, 0) is 11.8 Å². The van der Waals surface area contributed by atoms with Gasteiger partial charge in [0.25, 0.3) is 0 Å². The summed E-state index contributed by atoms with van der Waals surface area (Å²) in [5, 5.41) is 11.8. The number of carboxylic acids is 1. The first kappa shape index (κ1) is 15.8. The zero-order chi connectivity index (χ0) is 14.6. The van der Waals surface area contributed by atoms with E-state index in [2.05, 4.69) is 5.32 Å². The molecule has 0 radical (unpaired) electrons. The van der Waals surface area contributed by atoms with Crippen molar-refractivity contribution in [1.82, 2.24) is 10.2 Å². The maximum absolute atomic E-state index is 12.1. The van der Waals surface area contributed by atoms with E-state index in [1.165, 1.54) is 0 Å². The molecule has 2 atom stereocenters. The topological polar surface area (TPSA) is 78.9 Å². The number of carbonyl (C=O) groups is 2. The molecule has 1 saturated heterocycles. The summed E-state index contributed by atoms with van der Waals surface area (Å²) in [4.78, 5) is 25.0. The Bertz CT molecular complexity index is 338. The van der Waals surface area contributed by atoms with E-state index < -0.39 is 17.4 Å². The van der Waals surface area contributed by atoms with Crippen molar-refractivity contribution in [2.45, 2.75) is 46.3 Å². The van der Waals surface area contributed by atoms with Crippen LogP contribution >= 0.6 is 0 Å². The van der Waals surface area contributed by atoms with Crippen LogP contribution in [0.5, 0.6) is 0 Å². The highest BCUT2D eigenvalue weighted by Crippen LogP contribution is 2.20. The SMILES string of the molecule is CCC1CN(C(=O)NC(C(=O)O)C(C)(C)C)CCO1. The number of aliphatic carboxylic acids is 1. The highest BCUT2D eigenvalue weighted by molar-refractivity contribution is 5.83. The maximum atomic E-state index is 12.1. The first-order chi connectivity index (χ1) is 8.75. The number of rotatable bonds is 3. The minimum atomic E-state index is -1.01. The largest absolute Gasteiger partial charge is 0.480 e. The Kier molecular flexibility index (Phi) is 5.17. The van der Waals surface area contributed by atoms with Crippen LogP contribution in [-0.2, 0) is 9.53 Å². The van der Waals surface area contributed by atoms with E-state index >= 15 is 0 Å². The number of carboxylic acid groups (broad SMARTS) is 1. The highest BCUT2D eigenvalue weighted by atomic mass is 16.5. The minimum Gasteiger partial charge on any atom is -0.480 e. The smallest absolute Gasteiger partial charge is 0.326 e. The molecule has 6 heteroatoms. The maximum Gasteiger partial charge on any atom is 0.326 e. The molecule has 110 valence electrons. The summed E-state index contributed by atoms with van der Waals surface area (Å²) in [6.45, 7) is 8.89. The third-order valence-electron chi connectivity index (χ3n) is 3.26. The fraction of sp³-hybridized carbons (Fsp3) is 0.846. The second-order valence-corrected chi connectivity index (χ2v) is 5.93. The Morgan fingerprint density at radius 3 is 2.58 bits per heavy atom. The predicted molar refractivity (Wildman–Crippen MR) is 71.0 cm³/mol. The molecule has 0 aromatic rings. The van der Waals surface area contributed by atoms with Crippen molar-refractivity contribution in [3.63, 3.8) is 0 Å². The van der Waals surface area contributed by atoms with Crippen LogP contribution < -0.4 is 5.32 Å². The molecule has 19 heavy (non-hydrogen) atoms. The molecule has 2 amide bonds. The zero-order valence-electron chi connectivity index (χ0n) is 12.1. The molecule has 1 rings (SSSR count). The van der Waals surface area contributed by atoms with Crippen molar-refractivity contribution in [3.8, 4) is 0 Å². The van der Waals surface area contributed by atoms with Gasteiger partial charge in [0.15, 0.2) is 0 Å². The molecule has 0 spiro atoms. The molecule has 6 nitrogen and oxygen atoms in total. The van der Waals surface area contributed by atoms with Gasteiger partial charge in [-0.3, -0.25) is 0 Å². The molecule has 0 saturated carbocycles. The van der Waals surface area contributed by atoms with Crippen LogP contribution in [0.1, 0.15) is 34.1 Å². The Balaban J connectivity index is 2.64. The average molecular weight is 272 g/mol. The average Bonchev–Trinajstić information content (AvgIpc) is 2.33. The summed E-state index contributed by atoms with van der Waals surface area (Å²) in [5.41, 5.74) is -0.530. The standard InChI is InChI=1S/C13H24N2O4/c1-5-9-8-15(6-7-19-9)12(18)14-10(11(16)17)13(2,3)4/h9-10H,5-8H2,1-4H3,(H,14,18)(H,16,17). The molecule has 2 N–H and O–H groups in total. The fourth-order valence-corrected chi connectivity index (χ4v) is 2.01. The summed E-state index contributed by atoms with van der Waals surface area (Å²) in [6, 6.07) is -1.23. The Morgan fingerprint density at radius 1 is 1.47 bits per heavy atom. The van der Waals surface area contributed by atoms with Gasteiger partial charge in [-0.2, -0.15) is 0 Å². The number of morpholine rings is 1. The number of hydrogen-bond donors (Lipinski definition) is 2. The Morgan fingerprint density at radius 2 is 2.11 bits per heavy atom. The number of nitrogens with one attached hydrogen (secondary N) is 1. The predicted octanol–water partition coefficient (Wildman–Crippen LogP) is 1.31. The number of hydrogen-bond acceptors (Lipinski definition) is 3. The molecule has 1 aliphatic rings. The van der Waals surface area contributed by atoms with E-state index in [4.69, 9.17) is 4.74 Å². The third kappa shape index (κ3) is 4.38. The summed E-state index contributed by atoms with van der Waals surface area (Å²) in [5.74, 6) is -1.01. The van der Waals surface area contributed by atoms with Gasteiger partial charge in [0.05, 0.1) is 12.7 Å². The van der Waals surface area contributed by atoms with Crippen molar-refractivity contribution < 1.29 is 19.4 Å². The first-order valence-electron chi connectivity index (χ1n) is 6.65. The summed E-state index contributed by atoms with van der Waals surface area (Å²) < 4.78 is 5.49. The zero-order valence-corrected chi connectivity index (χ0v) is 12.1. The monoisotopic (exact) mass is 272 g/mol. The Hall–Kier alpha value is -1.30. The van der Waals surface area contributed by atoms with E-state index in [1.807, 2.05) is 6.92 Å². The third-order valence-corrected chi connectivity index (χ3v) is 3.26. The number of urea groups is 1. The van der Waals surface area contributed by atoms with Crippen LogP contribution in [0.3, 0.4) is 0 Å². The quantitative estimate of drug-likeness (QED) is 0.812. The van der Waals surface area contributed by atoms with Crippen molar-refractivity contribution >= 4 is 12.0 Å². The minimum absolute atomic E-state index is 0.0393. The van der Waals surface area contributed by atoms with Gasteiger partial charge in [0.2, 0.25) is 0 Å². The molecule has 0 bridgehead atoms. The van der Waals surface area contributed by atoms with Crippen molar-refractivity contribution in [2.24, 2.45) is 5.41 Å². The lowest BCUT2D eigenvalue weighted by atomic mass is 9.87. The van der Waals surface area contributed by atoms with E-state index in [1.54, 1.807) is 25.7 Å². The molecular formula is C13H24N2O4. The lowest BCUT2D eigenvalue weighted by molar-refractivity contribution is -0.142. The van der Waals surface area contributed by atoms with Gasteiger partial charge in [-0.15, -0.1) is 0 Å². The van der Waals surface area contributed by atoms with Crippen LogP contribution in [0.25, 0.3) is 0 Å². The molecule has 0 aliphatic carbocycles. The second-order valence-electron chi connectivity index (χ2n) is 5.93. The van der Waals surface area contributed by atoms with E-state index in [9.17, 15) is 14.7 Å². The van der Waals surface area contributed by atoms with Gasteiger partial charge in [0, 0.05) is 13.1 Å². The van der Waals surface area contributed by atoms with Gasteiger partial charge < -0.3 is 20.1 Å². The van der Waals surface area contributed by atoms with E-state index in [-0.39, 0.29) is 12.1 Å². The van der Waals surface area contributed by atoms with E-state index in [0.717, 1.165) is 6.42 Å². The lowest BCUT2D eigenvalue weighted by Crippen LogP contribution is -2.56. The first-order valence-corrected chi connectivity index (χ1v) is 6.65. The Labute approximate surface area is 114 Å². The number of nitrogens with zero attached hydrogens (tertiary/aromatic N) is 1. The fourth-order valence-electron chi connectivity index (χ4n) is 2.01. The molecule has 1 fully saturated rings. The molecule has 0 aromatic carbocycles. The van der Waals surface area contributed by atoms with E-state index in [0.29, 0.717) is 19.7 Å². The summed E-state index contributed by atoms with van der Waals surface area (Å²) in [7, 11) is 0. The van der Waals surface area contributed by atoms with Crippen LogP contribution in [0.2, 0.25) is 0 Å². The van der Waals surface area contributed by atoms with Crippen molar-refractivity contribution in [3.05, 3.63) is 0 Å². The lowest BCUT2D eigenvalue weighted by Gasteiger charge is -2.35. The van der Waals surface area contributed by atoms with Gasteiger partial charge >= 0.3 is 12.0 Å². The van der Waals surface area contributed by atoms with Crippen molar-refractivity contribution in [1.29, 1.82) is 0 Å². The van der Waals surface area contributed by atoms with Crippen molar-refractivity contribution in [2.75, 3.05) is 19.7 Å². The molecule has 2 unspecified atom stereocenters.